The van der Waals surface area contributed by atoms with Crippen LogP contribution in [0.25, 0.3) is 5.65 Å². The van der Waals surface area contributed by atoms with Gasteiger partial charge >= 0.3 is 0 Å². The second kappa shape index (κ2) is 6.32. The minimum absolute atomic E-state index is 0.457. The Morgan fingerprint density at radius 1 is 1.23 bits per heavy atom. The van der Waals surface area contributed by atoms with Crippen molar-refractivity contribution in [3.8, 4) is 5.75 Å². The summed E-state index contributed by atoms with van der Waals surface area (Å²) < 4.78 is 19.5. The summed E-state index contributed by atoms with van der Waals surface area (Å²) in [5.41, 5.74) is 3.91. The summed E-state index contributed by atoms with van der Waals surface area (Å²) >= 11 is 0. The zero-order valence-electron chi connectivity index (χ0n) is 12.7. The highest BCUT2D eigenvalue weighted by atomic mass is 32.2. The molecule has 4 nitrogen and oxygen atoms in total. The lowest BCUT2D eigenvalue weighted by Crippen LogP contribution is -2.00. The first-order valence-electron chi connectivity index (χ1n) is 7.07. The third-order valence-corrected chi connectivity index (χ3v) is 4.77. The minimum Gasteiger partial charge on any atom is -0.497 e. The monoisotopic (exact) mass is 314 g/mol. The van der Waals surface area contributed by atoms with Crippen molar-refractivity contribution in [3.05, 3.63) is 65.6 Å². The maximum atomic E-state index is 12.4. The molecular weight excluding hydrogens is 296 g/mol. The largest absolute Gasteiger partial charge is 0.497 e. The van der Waals surface area contributed by atoms with Gasteiger partial charge in [0.15, 0.2) is 0 Å². The van der Waals surface area contributed by atoms with Crippen molar-refractivity contribution in [1.82, 2.24) is 9.38 Å². The summed E-state index contributed by atoms with van der Waals surface area (Å²) in [6.07, 6.45) is 3.91. The number of hydrogen-bond acceptors (Lipinski definition) is 3. The third kappa shape index (κ3) is 3.20. The molecule has 1 atom stereocenters. The number of imidazole rings is 1. The van der Waals surface area contributed by atoms with Gasteiger partial charge in [-0.15, -0.1) is 0 Å². The lowest BCUT2D eigenvalue weighted by atomic mass is 10.2. The number of methoxy groups -OCH3 is 1. The Hall–Kier alpha value is -2.14. The molecule has 3 rings (SSSR count). The van der Waals surface area contributed by atoms with Crippen molar-refractivity contribution in [1.29, 1.82) is 0 Å². The highest BCUT2D eigenvalue weighted by Gasteiger charge is 2.09. The fourth-order valence-electron chi connectivity index (χ4n) is 2.44. The molecule has 1 unspecified atom stereocenters. The molecule has 0 fully saturated rings. The van der Waals surface area contributed by atoms with Crippen molar-refractivity contribution < 1.29 is 8.95 Å². The standard InChI is InChI=1S/C17H18N2O2S/c1-13-5-4-8-19-10-15(18-17(13)19)12-22(20)11-14-6-3-7-16(9-14)21-2/h3-10H,11-12H2,1-2H3. The Morgan fingerprint density at radius 3 is 2.86 bits per heavy atom. The predicted molar refractivity (Wildman–Crippen MR) is 88.5 cm³/mol. The second-order valence-corrected chi connectivity index (χ2v) is 6.69. The van der Waals surface area contributed by atoms with E-state index in [0.717, 1.165) is 28.2 Å². The Bertz CT molecular complexity index is 826. The number of pyridine rings is 1. The molecule has 2 heterocycles. The first-order chi connectivity index (χ1) is 10.7. The van der Waals surface area contributed by atoms with Crippen molar-refractivity contribution in [2.75, 3.05) is 7.11 Å². The Kier molecular flexibility index (Phi) is 4.24. The molecule has 0 radical (unpaired) electrons. The lowest BCUT2D eigenvalue weighted by molar-refractivity contribution is 0.414. The summed E-state index contributed by atoms with van der Waals surface area (Å²) in [5, 5.41) is 0. The van der Waals surface area contributed by atoms with Gasteiger partial charge in [-0.25, -0.2) is 4.98 Å². The van der Waals surface area contributed by atoms with E-state index in [4.69, 9.17) is 4.74 Å². The van der Waals surface area contributed by atoms with Gasteiger partial charge < -0.3 is 9.14 Å². The fraction of sp³-hybridized carbons (Fsp3) is 0.235. The van der Waals surface area contributed by atoms with Crippen molar-refractivity contribution in [2.24, 2.45) is 0 Å². The molecule has 1 aromatic carbocycles. The van der Waals surface area contributed by atoms with Crippen LogP contribution in [0.4, 0.5) is 0 Å². The van der Waals surface area contributed by atoms with Gasteiger partial charge in [0.2, 0.25) is 0 Å². The molecule has 0 aliphatic carbocycles. The van der Waals surface area contributed by atoms with Crippen LogP contribution >= 0.6 is 0 Å². The van der Waals surface area contributed by atoms with Gasteiger partial charge in [0.25, 0.3) is 0 Å². The predicted octanol–water partition coefficient (Wildman–Crippen LogP) is 3.10. The fourth-order valence-corrected chi connectivity index (χ4v) is 3.56. The third-order valence-electron chi connectivity index (χ3n) is 3.50. The van der Waals surface area contributed by atoms with Crippen LogP contribution in [-0.2, 0) is 22.3 Å². The minimum atomic E-state index is -0.997. The lowest BCUT2D eigenvalue weighted by Gasteiger charge is -2.04. The van der Waals surface area contributed by atoms with Crippen LogP contribution in [0.2, 0.25) is 0 Å². The Balaban J connectivity index is 1.74. The van der Waals surface area contributed by atoms with Gasteiger partial charge in [-0.2, -0.15) is 0 Å². The summed E-state index contributed by atoms with van der Waals surface area (Å²) in [6.45, 7) is 2.03. The van der Waals surface area contributed by atoms with Gasteiger partial charge in [-0.05, 0) is 36.2 Å². The summed E-state index contributed by atoms with van der Waals surface area (Å²) in [4.78, 5) is 4.57. The molecule has 0 aliphatic rings. The van der Waals surface area contributed by atoms with E-state index in [1.165, 1.54) is 0 Å². The molecule has 0 amide bonds. The summed E-state index contributed by atoms with van der Waals surface area (Å²) in [6, 6.07) is 11.7. The summed E-state index contributed by atoms with van der Waals surface area (Å²) in [7, 11) is 0.637. The first kappa shape index (κ1) is 14.8. The first-order valence-corrected chi connectivity index (χ1v) is 8.55. The van der Waals surface area contributed by atoms with Gasteiger partial charge in [-0.3, -0.25) is 4.21 Å². The molecule has 3 aromatic rings. The normalized spacial score (nSPS) is 12.5. The number of aromatic nitrogens is 2. The number of nitrogens with zero attached hydrogens (tertiary/aromatic N) is 2. The van der Waals surface area contributed by atoms with Crippen LogP contribution in [-0.4, -0.2) is 20.7 Å². The average Bonchev–Trinajstić information content (AvgIpc) is 2.91. The number of aryl methyl sites for hydroxylation is 1. The Morgan fingerprint density at radius 2 is 2.09 bits per heavy atom. The zero-order valence-corrected chi connectivity index (χ0v) is 13.5. The highest BCUT2D eigenvalue weighted by Crippen LogP contribution is 2.16. The van der Waals surface area contributed by atoms with E-state index in [9.17, 15) is 4.21 Å². The van der Waals surface area contributed by atoms with E-state index >= 15 is 0 Å². The topological polar surface area (TPSA) is 43.6 Å². The van der Waals surface area contributed by atoms with Crippen LogP contribution in [0, 0.1) is 6.92 Å². The number of fused-ring (bicyclic) bond motifs is 1. The average molecular weight is 314 g/mol. The van der Waals surface area contributed by atoms with E-state index in [1.54, 1.807) is 7.11 Å². The molecule has 0 spiro atoms. The molecule has 114 valence electrons. The smallest absolute Gasteiger partial charge is 0.139 e. The van der Waals surface area contributed by atoms with E-state index in [-0.39, 0.29) is 0 Å². The van der Waals surface area contributed by atoms with E-state index in [2.05, 4.69) is 4.98 Å². The SMILES string of the molecule is COc1cccc(CS(=O)Cc2cn3cccc(C)c3n2)c1. The van der Waals surface area contributed by atoms with Crippen LogP contribution in [0.5, 0.6) is 5.75 Å². The van der Waals surface area contributed by atoms with Crippen molar-refractivity contribution >= 4 is 16.4 Å². The van der Waals surface area contributed by atoms with E-state index in [0.29, 0.717) is 11.5 Å². The molecule has 22 heavy (non-hydrogen) atoms. The number of benzene rings is 1. The molecule has 0 saturated carbocycles. The van der Waals surface area contributed by atoms with Gasteiger partial charge in [0, 0.05) is 28.9 Å². The molecule has 0 N–H and O–H groups in total. The van der Waals surface area contributed by atoms with Crippen molar-refractivity contribution in [2.45, 2.75) is 18.4 Å². The second-order valence-electron chi connectivity index (χ2n) is 5.23. The maximum Gasteiger partial charge on any atom is 0.139 e. The zero-order chi connectivity index (χ0) is 15.5. The van der Waals surface area contributed by atoms with Crippen LogP contribution in [0.15, 0.2) is 48.8 Å². The van der Waals surface area contributed by atoms with Crippen molar-refractivity contribution in [3.63, 3.8) is 0 Å². The molecular formula is C17H18N2O2S. The van der Waals surface area contributed by atoms with Crippen LogP contribution < -0.4 is 4.74 Å². The van der Waals surface area contributed by atoms with E-state index in [1.807, 2.05) is 60.1 Å². The number of hydrogen-bond donors (Lipinski definition) is 0. The molecule has 5 heteroatoms. The molecule has 0 saturated heterocycles. The summed E-state index contributed by atoms with van der Waals surface area (Å²) in [5.74, 6) is 1.75. The number of rotatable bonds is 5. The van der Waals surface area contributed by atoms with Gasteiger partial charge in [-0.1, -0.05) is 18.2 Å². The molecule has 0 aliphatic heterocycles. The Labute approximate surface area is 132 Å². The maximum absolute atomic E-state index is 12.4. The van der Waals surface area contributed by atoms with E-state index < -0.39 is 10.8 Å². The van der Waals surface area contributed by atoms with Gasteiger partial charge in [0.1, 0.15) is 11.4 Å². The molecule has 0 bridgehead atoms. The number of ether oxygens (including phenoxy) is 1. The highest BCUT2D eigenvalue weighted by molar-refractivity contribution is 7.83. The van der Waals surface area contributed by atoms with Crippen LogP contribution in [0.3, 0.4) is 0 Å². The van der Waals surface area contributed by atoms with Crippen LogP contribution in [0.1, 0.15) is 16.8 Å². The quantitative estimate of drug-likeness (QED) is 0.727. The molecule has 2 aromatic heterocycles. The van der Waals surface area contributed by atoms with Gasteiger partial charge in [0.05, 0.1) is 18.6 Å².